The molecule has 0 radical (unpaired) electrons. The molecule has 0 aromatic carbocycles. The van der Waals surface area contributed by atoms with Crippen molar-refractivity contribution in [3.8, 4) is 12.1 Å². The van der Waals surface area contributed by atoms with Gasteiger partial charge < -0.3 is 0 Å². The van der Waals surface area contributed by atoms with Gasteiger partial charge in [0.25, 0.3) is 0 Å². The summed E-state index contributed by atoms with van der Waals surface area (Å²) in [7, 11) is 0. The molecule has 0 aromatic rings. The molecule has 0 aromatic heterocycles. The Bertz CT molecular complexity index is 212. The van der Waals surface area contributed by atoms with Crippen LogP contribution in [0.2, 0.25) is 0 Å². The van der Waals surface area contributed by atoms with Gasteiger partial charge in [0.2, 0.25) is 0 Å². The van der Waals surface area contributed by atoms with Crippen molar-refractivity contribution in [2.24, 2.45) is 0 Å². The van der Waals surface area contributed by atoms with Gasteiger partial charge in [-0.15, -0.1) is 0 Å². The lowest BCUT2D eigenvalue weighted by molar-refractivity contribution is 0.207. The maximum absolute atomic E-state index is 8.54. The Kier molecular flexibility index (Phi) is 5.04. The third kappa shape index (κ3) is 3.36. The molecule has 1 aliphatic rings. The summed E-state index contributed by atoms with van der Waals surface area (Å²) in [5, 5.41) is 17.1. The molecule has 14 heavy (non-hydrogen) atoms. The quantitative estimate of drug-likeness (QED) is 0.668. The number of nitriles is 2. The zero-order valence-electron chi connectivity index (χ0n) is 8.58. The topological polar surface area (TPSA) is 50.8 Å². The van der Waals surface area contributed by atoms with Crippen LogP contribution < -0.4 is 0 Å². The third-order valence-electron chi connectivity index (χ3n) is 2.86. The zero-order valence-corrected chi connectivity index (χ0v) is 8.58. The molecule has 0 atom stereocenters. The van der Waals surface area contributed by atoms with Gasteiger partial charge in [-0.3, -0.25) is 4.90 Å². The first-order valence-corrected chi connectivity index (χ1v) is 5.36. The average Bonchev–Trinajstić information content (AvgIpc) is 2.71. The predicted molar refractivity (Wildman–Crippen MR) is 54.3 cm³/mol. The lowest BCUT2D eigenvalue weighted by Crippen LogP contribution is -2.34. The van der Waals surface area contributed by atoms with Crippen LogP contribution in [0.4, 0.5) is 0 Å². The molecule has 0 bridgehead atoms. The fourth-order valence-electron chi connectivity index (χ4n) is 2.13. The lowest BCUT2D eigenvalue weighted by atomic mass is 10.2. The highest BCUT2D eigenvalue weighted by atomic mass is 15.1. The normalized spacial score (nSPS) is 16.8. The summed E-state index contributed by atoms with van der Waals surface area (Å²) in [6.07, 6.45) is 6.28. The van der Waals surface area contributed by atoms with Crippen molar-refractivity contribution >= 4 is 0 Å². The molecule has 0 amide bonds. The summed E-state index contributed by atoms with van der Waals surface area (Å²) >= 11 is 0. The second-order valence-electron chi connectivity index (χ2n) is 3.79. The monoisotopic (exact) mass is 191 g/mol. The van der Waals surface area contributed by atoms with E-state index < -0.39 is 0 Å². The Morgan fingerprint density at radius 3 is 1.93 bits per heavy atom. The molecule has 1 rings (SSSR count). The van der Waals surface area contributed by atoms with E-state index in [1.54, 1.807) is 0 Å². The molecule has 0 aliphatic heterocycles. The minimum absolute atomic E-state index is 0.585. The molecule has 1 aliphatic carbocycles. The summed E-state index contributed by atoms with van der Waals surface area (Å²) in [5.41, 5.74) is 0. The number of hydrogen-bond acceptors (Lipinski definition) is 3. The third-order valence-corrected chi connectivity index (χ3v) is 2.86. The van der Waals surface area contributed by atoms with E-state index in [1.807, 2.05) is 0 Å². The van der Waals surface area contributed by atoms with Crippen LogP contribution in [0.5, 0.6) is 0 Å². The molecule has 3 heteroatoms. The zero-order chi connectivity index (χ0) is 10.2. The first-order chi connectivity index (χ1) is 6.88. The number of hydrogen-bond donors (Lipinski definition) is 0. The van der Waals surface area contributed by atoms with Crippen LogP contribution in [-0.4, -0.2) is 24.0 Å². The van der Waals surface area contributed by atoms with Gasteiger partial charge in [-0.2, -0.15) is 10.5 Å². The summed E-state index contributed by atoms with van der Waals surface area (Å²) < 4.78 is 0. The molecular weight excluding hydrogens is 174 g/mol. The van der Waals surface area contributed by atoms with Crippen molar-refractivity contribution in [3.63, 3.8) is 0 Å². The molecule has 0 N–H and O–H groups in total. The Morgan fingerprint density at radius 1 is 1.00 bits per heavy atom. The Balaban J connectivity index is 2.35. The van der Waals surface area contributed by atoms with Crippen molar-refractivity contribution < 1.29 is 0 Å². The van der Waals surface area contributed by atoms with Crippen molar-refractivity contribution in [3.05, 3.63) is 0 Å². The van der Waals surface area contributed by atoms with Crippen molar-refractivity contribution in [2.75, 3.05) is 13.1 Å². The summed E-state index contributed by atoms with van der Waals surface area (Å²) in [5.74, 6) is 0. The van der Waals surface area contributed by atoms with Crippen LogP contribution in [0.15, 0.2) is 0 Å². The second kappa shape index (κ2) is 6.40. The fraction of sp³-hybridized carbons (Fsp3) is 0.818. The Morgan fingerprint density at radius 2 is 1.50 bits per heavy atom. The van der Waals surface area contributed by atoms with E-state index in [4.69, 9.17) is 10.5 Å². The predicted octanol–water partition coefficient (Wildman–Crippen LogP) is 2.06. The van der Waals surface area contributed by atoms with E-state index in [-0.39, 0.29) is 0 Å². The van der Waals surface area contributed by atoms with Gasteiger partial charge in [0.05, 0.1) is 12.1 Å². The Labute approximate surface area is 85.9 Å². The van der Waals surface area contributed by atoms with Crippen LogP contribution in [0.25, 0.3) is 0 Å². The molecular formula is C11H17N3. The smallest absolute Gasteiger partial charge is 0.0635 e. The van der Waals surface area contributed by atoms with Crippen LogP contribution in [0.1, 0.15) is 38.5 Å². The number of nitrogens with zero attached hydrogens (tertiary/aromatic N) is 3. The van der Waals surface area contributed by atoms with Crippen LogP contribution in [0, 0.1) is 22.7 Å². The van der Waals surface area contributed by atoms with E-state index in [9.17, 15) is 0 Å². The first kappa shape index (κ1) is 11.0. The largest absolute Gasteiger partial charge is 0.298 e. The van der Waals surface area contributed by atoms with Crippen molar-refractivity contribution in [2.45, 2.75) is 44.6 Å². The van der Waals surface area contributed by atoms with Crippen molar-refractivity contribution in [1.29, 1.82) is 10.5 Å². The summed E-state index contributed by atoms with van der Waals surface area (Å²) in [4.78, 5) is 2.32. The molecule has 0 heterocycles. The van der Waals surface area contributed by atoms with Gasteiger partial charge >= 0.3 is 0 Å². The van der Waals surface area contributed by atoms with Gasteiger partial charge in [0, 0.05) is 32.0 Å². The maximum atomic E-state index is 8.54. The minimum atomic E-state index is 0.585. The lowest BCUT2D eigenvalue weighted by Gasteiger charge is -2.26. The highest BCUT2D eigenvalue weighted by molar-refractivity contribution is 4.83. The van der Waals surface area contributed by atoms with Crippen LogP contribution in [0.3, 0.4) is 0 Å². The van der Waals surface area contributed by atoms with E-state index >= 15 is 0 Å². The molecule has 0 saturated heterocycles. The summed E-state index contributed by atoms with van der Waals surface area (Å²) in [6, 6.07) is 4.98. The molecule has 1 saturated carbocycles. The van der Waals surface area contributed by atoms with Gasteiger partial charge in [-0.25, -0.2) is 0 Å². The average molecular weight is 191 g/mol. The van der Waals surface area contributed by atoms with E-state index in [0.717, 1.165) is 13.1 Å². The maximum Gasteiger partial charge on any atom is 0.0635 e. The second-order valence-corrected chi connectivity index (χ2v) is 3.79. The SMILES string of the molecule is N#CCCN(CCC#N)C1CCCC1. The van der Waals surface area contributed by atoms with E-state index in [1.165, 1.54) is 25.7 Å². The number of rotatable bonds is 5. The summed E-state index contributed by atoms with van der Waals surface area (Å²) in [6.45, 7) is 1.67. The molecule has 0 unspecified atom stereocenters. The van der Waals surface area contributed by atoms with Crippen LogP contribution >= 0.6 is 0 Å². The Hall–Kier alpha value is -1.06. The van der Waals surface area contributed by atoms with Gasteiger partial charge in [-0.1, -0.05) is 12.8 Å². The van der Waals surface area contributed by atoms with Gasteiger partial charge in [0.1, 0.15) is 0 Å². The van der Waals surface area contributed by atoms with Gasteiger partial charge in [-0.05, 0) is 12.8 Å². The first-order valence-electron chi connectivity index (χ1n) is 5.36. The fourth-order valence-corrected chi connectivity index (χ4v) is 2.13. The van der Waals surface area contributed by atoms with Crippen molar-refractivity contribution in [1.82, 2.24) is 4.90 Å². The molecule has 76 valence electrons. The van der Waals surface area contributed by atoms with E-state index in [0.29, 0.717) is 18.9 Å². The highest BCUT2D eigenvalue weighted by Crippen LogP contribution is 2.23. The molecule has 1 fully saturated rings. The highest BCUT2D eigenvalue weighted by Gasteiger charge is 2.21. The van der Waals surface area contributed by atoms with E-state index in [2.05, 4.69) is 17.0 Å². The van der Waals surface area contributed by atoms with Crippen LogP contribution in [-0.2, 0) is 0 Å². The minimum Gasteiger partial charge on any atom is -0.298 e. The standard InChI is InChI=1S/C11H17N3/c12-7-3-9-14(10-4-8-13)11-5-1-2-6-11/h11H,1-6,9-10H2. The molecule has 0 spiro atoms. The van der Waals surface area contributed by atoms with Gasteiger partial charge in [0.15, 0.2) is 0 Å². The molecule has 3 nitrogen and oxygen atoms in total.